The molecule has 1 amide bonds. The van der Waals surface area contributed by atoms with Crippen LogP contribution in [0.2, 0.25) is 0 Å². The average molecular weight is 395 g/mol. The Morgan fingerprint density at radius 2 is 1.78 bits per heavy atom. The number of likely N-dealkylation sites (tertiary alicyclic amines) is 1. The molecule has 2 aliphatic heterocycles. The Bertz CT molecular complexity index is 826. The smallest absolute Gasteiger partial charge is 0.289 e. The van der Waals surface area contributed by atoms with Crippen LogP contribution in [0.15, 0.2) is 29.2 Å². The van der Waals surface area contributed by atoms with Crippen molar-refractivity contribution >= 4 is 21.6 Å². The quantitative estimate of drug-likeness (QED) is 0.576. The molecular formula is C18H25N3O5S. The second kappa shape index (κ2) is 7.93. The molecule has 2 fully saturated rings. The van der Waals surface area contributed by atoms with Crippen LogP contribution in [0.3, 0.4) is 0 Å². The molecule has 27 heavy (non-hydrogen) atoms. The summed E-state index contributed by atoms with van der Waals surface area (Å²) in [6.45, 7) is 2.82. The van der Waals surface area contributed by atoms with Gasteiger partial charge in [-0.05, 0) is 45.1 Å². The lowest BCUT2D eigenvalue weighted by atomic mass is 9.99. The van der Waals surface area contributed by atoms with Gasteiger partial charge in [-0.15, -0.1) is 0 Å². The van der Waals surface area contributed by atoms with Gasteiger partial charge in [0.15, 0.2) is 4.90 Å². The van der Waals surface area contributed by atoms with Crippen LogP contribution in [0.25, 0.3) is 0 Å². The van der Waals surface area contributed by atoms with Crippen molar-refractivity contribution in [2.75, 3.05) is 13.1 Å². The van der Waals surface area contributed by atoms with E-state index in [1.165, 1.54) is 28.6 Å². The summed E-state index contributed by atoms with van der Waals surface area (Å²) in [4.78, 5) is 25.2. The molecule has 3 rings (SSSR count). The van der Waals surface area contributed by atoms with E-state index in [4.69, 9.17) is 0 Å². The number of hydrogen-bond donors (Lipinski definition) is 0. The molecule has 1 aromatic rings. The number of carbonyl (C=O) groups excluding carboxylic acids is 1. The zero-order chi connectivity index (χ0) is 19.6. The summed E-state index contributed by atoms with van der Waals surface area (Å²) in [6.07, 6.45) is 4.74. The molecule has 1 aromatic carbocycles. The van der Waals surface area contributed by atoms with E-state index < -0.39 is 26.7 Å². The first-order chi connectivity index (χ1) is 12.8. The Kier molecular flexibility index (Phi) is 5.81. The second-order valence-electron chi connectivity index (χ2n) is 7.23. The minimum Gasteiger partial charge on any atom is -0.339 e. The van der Waals surface area contributed by atoms with Gasteiger partial charge in [-0.2, -0.15) is 4.31 Å². The van der Waals surface area contributed by atoms with Gasteiger partial charge >= 0.3 is 0 Å². The third-order valence-electron chi connectivity index (χ3n) is 5.47. The minimum absolute atomic E-state index is 0.0868. The van der Waals surface area contributed by atoms with Crippen LogP contribution in [-0.2, 0) is 14.8 Å². The SMILES string of the molecule is C[C@H]1CCCCN1C(=O)[C@@H]1CCCCN1S(=O)(=O)c1ccccc1[N+](=O)[O-]. The number of benzene rings is 1. The van der Waals surface area contributed by atoms with Crippen molar-refractivity contribution in [3.8, 4) is 0 Å². The van der Waals surface area contributed by atoms with Crippen molar-refractivity contribution in [2.45, 2.75) is 62.4 Å². The number of hydrogen-bond acceptors (Lipinski definition) is 5. The van der Waals surface area contributed by atoms with Gasteiger partial charge in [0.25, 0.3) is 15.7 Å². The molecular weight excluding hydrogens is 370 g/mol. The average Bonchev–Trinajstić information content (AvgIpc) is 2.68. The van der Waals surface area contributed by atoms with Crippen molar-refractivity contribution in [2.24, 2.45) is 0 Å². The third-order valence-corrected chi connectivity index (χ3v) is 7.43. The van der Waals surface area contributed by atoms with E-state index >= 15 is 0 Å². The van der Waals surface area contributed by atoms with Crippen molar-refractivity contribution < 1.29 is 18.1 Å². The van der Waals surface area contributed by atoms with Crippen LogP contribution in [-0.4, -0.2) is 53.6 Å². The van der Waals surface area contributed by atoms with Gasteiger partial charge in [0, 0.05) is 25.2 Å². The number of sulfonamides is 1. The van der Waals surface area contributed by atoms with Gasteiger partial charge in [-0.1, -0.05) is 18.6 Å². The van der Waals surface area contributed by atoms with Crippen LogP contribution in [0.5, 0.6) is 0 Å². The zero-order valence-corrected chi connectivity index (χ0v) is 16.2. The lowest BCUT2D eigenvalue weighted by Gasteiger charge is -2.40. The Labute approximate surface area is 159 Å². The second-order valence-corrected chi connectivity index (χ2v) is 9.09. The maximum atomic E-state index is 13.2. The summed E-state index contributed by atoms with van der Waals surface area (Å²) in [7, 11) is -4.14. The van der Waals surface area contributed by atoms with E-state index in [1.54, 1.807) is 4.90 Å². The highest BCUT2D eigenvalue weighted by Crippen LogP contribution is 2.32. The molecule has 0 unspecified atom stereocenters. The van der Waals surface area contributed by atoms with Gasteiger partial charge in [-0.25, -0.2) is 8.42 Å². The molecule has 0 aromatic heterocycles. The van der Waals surface area contributed by atoms with Gasteiger partial charge in [0.2, 0.25) is 5.91 Å². The largest absolute Gasteiger partial charge is 0.339 e. The third kappa shape index (κ3) is 3.84. The number of nitrogens with zero attached hydrogens (tertiary/aromatic N) is 3. The molecule has 0 N–H and O–H groups in total. The highest BCUT2D eigenvalue weighted by molar-refractivity contribution is 7.89. The molecule has 0 aliphatic carbocycles. The first-order valence-corrected chi connectivity index (χ1v) is 10.8. The van der Waals surface area contributed by atoms with Gasteiger partial charge in [-0.3, -0.25) is 14.9 Å². The van der Waals surface area contributed by atoms with E-state index in [2.05, 4.69) is 0 Å². The predicted octanol–water partition coefficient (Wildman–Crippen LogP) is 2.54. The number of amides is 1. The standard InChI is InChI=1S/C18H25N3O5S/c1-14-8-4-6-12-19(14)18(22)16-10-5-7-13-20(16)27(25,26)17-11-3-2-9-15(17)21(23)24/h2-3,9,11,14,16H,4-8,10,12-13H2,1H3/t14-,16-/m0/s1. The summed E-state index contributed by atoms with van der Waals surface area (Å²) >= 11 is 0. The van der Waals surface area contributed by atoms with E-state index in [1.807, 2.05) is 6.92 Å². The minimum atomic E-state index is -4.14. The Morgan fingerprint density at radius 3 is 2.48 bits per heavy atom. The number of rotatable bonds is 4. The van der Waals surface area contributed by atoms with Crippen molar-refractivity contribution in [1.82, 2.24) is 9.21 Å². The summed E-state index contributed by atoms with van der Waals surface area (Å²) in [6, 6.07) is 4.62. The molecule has 0 radical (unpaired) electrons. The fourth-order valence-corrected chi connectivity index (χ4v) is 5.82. The van der Waals surface area contributed by atoms with Crippen LogP contribution in [0, 0.1) is 10.1 Å². The molecule has 2 aliphatic rings. The predicted molar refractivity (Wildman–Crippen MR) is 99.7 cm³/mol. The number of nitro groups is 1. The molecule has 0 saturated carbocycles. The molecule has 2 atom stereocenters. The summed E-state index contributed by atoms with van der Waals surface area (Å²) in [5, 5.41) is 11.3. The molecule has 0 bridgehead atoms. The molecule has 9 heteroatoms. The number of nitro benzene ring substituents is 1. The van der Waals surface area contributed by atoms with Crippen molar-refractivity contribution in [1.29, 1.82) is 0 Å². The maximum Gasteiger partial charge on any atom is 0.289 e. The first kappa shape index (κ1) is 19.8. The van der Waals surface area contributed by atoms with E-state index in [9.17, 15) is 23.3 Å². The summed E-state index contributed by atoms with van der Waals surface area (Å²) < 4.78 is 27.7. The number of carbonyl (C=O) groups is 1. The normalized spacial score (nSPS) is 24.6. The van der Waals surface area contributed by atoms with Crippen molar-refractivity contribution in [3.63, 3.8) is 0 Å². The monoisotopic (exact) mass is 395 g/mol. The highest BCUT2D eigenvalue weighted by Gasteiger charge is 2.42. The molecule has 0 spiro atoms. The maximum absolute atomic E-state index is 13.2. The summed E-state index contributed by atoms with van der Waals surface area (Å²) in [5.74, 6) is -0.177. The van der Waals surface area contributed by atoms with Crippen LogP contribution < -0.4 is 0 Å². The molecule has 8 nitrogen and oxygen atoms in total. The Balaban J connectivity index is 1.95. The fourth-order valence-electron chi connectivity index (χ4n) is 4.01. The first-order valence-electron chi connectivity index (χ1n) is 9.40. The molecule has 2 heterocycles. The summed E-state index contributed by atoms with van der Waals surface area (Å²) in [5.41, 5.74) is -0.458. The van der Waals surface area contributed by atoms with Gasteiger partial charge in [0.05, 0.1) is 4.92 Å². The van der Waals surface area contributed by atoms with Crippen LogP contribution in [0.1, 0.15) is 45.4 Å². The van der Waals surface area contributed by atoms with Crippen LogP contribution in [0.4, 0.5) is 5.69 Å². The van der Waals surface area contributed by atoms with Gasteiger partial charge in [0.1, 0.15) is 6.04 Å². The van der Waals surface area contributed by atoms with E-state index in [0.29, 0.717) is 19.4 Å². The highest BCUT2D eigenvalue weighted by atomic mass is 32.2. The number of piperidine rings is 2. The van der Waals surface area contributed by atoms with Crippen LogP contribution >= 0.6 is 0 Å². The Morgan fingerprint density at radius 1 is 1.11 bits per heavy atom. The van der Waals surface area contributed by atoms with E-state index in [-0.39, 0.29) is 23.4 Å². The lowest BCUT2D eigenvalue weighted by molar-refractivity contribution is -0.387. The van der Waals surface area contributed by atoms with Crippen molar-refractivity contribution in [3.05, 3.63) is 34.4 Å². The lowest BCUT2D eigenvalue weighted by Crippen LogP contribution is -2.55. The fraction of sp³-hybridized carbons (Fsp3) is 0.611. The van der Waals surface area contributed by atoms with E-state index in [0.717, 1.165) is 25.7 Å². The topological polar surface area (TPSA) is 101 Å². The number of para-hydroxylation sites is 1. The molecule has 148 valence electrons. The Hall–Kier alpha value is -2.00. The zero-order valence-electron chi connectivity index (χ0n) is 15.4. The molecule has 2 saturated heterocycles. The van der Waals surface area contributed by atoms with Gasteiger partial charge < -0.3 is 4.90 Å².